The lowest BCUT2D eigenvalue weighted by molar-refractivity contribution is 0.0944. The average molecular weight is 500 g/mol. The molecule has 0 bridgehead atoms. The zero-order chi connectivity index (χ0) is 25.8. The maximum absolute atomic E-state index is 13.1. The summed E-state index contributed by atoms with van der Waals surface area (Å²) in [6.07, 6.45) is 2.48. The molecule has 2 aromatic carbocycles. The van der Waals surface area contributed by atoms with Crippen molar-refractivity contribution >= 4 is 22.9 Å². The Morgan fingerprint density at radius 2 is 1.41 bits per heavy atom. The Morgan fingerprint density at radius 1 is 0.838 bits per heavy atom. The van der Waals surface area contributed by atoms with E-state index in [0.717, 1.165) is 48.8 Å². The van der Waals surface area contributed by atoms with Gasteiger partial charge in [-0.2, -0.15) is 0 Å². The van der Waals surface area contributed by atoms with Crippen LogP contribution in [-0.4, -0.2) is 55.7 Å². The number of anilines is 2. The number of aromatic nitrogens is 2. The molecule has 1 fully saturated rings. The Morgan fingerprint density at radius 3 is 1.97 bits per heavy atom. The summed E-state index contributed by atoms with van der Waals surface area (Å²) in [6, 6.07) is 20.4. The fourth-order valence-electron chi connectivity index (χ4n) is 4.79. The van der Waals surface area contributed by atoms with Gasteiger partial charge in [0.05, 0.1) is 26.1 Å². The molecular formula is C29H33N5O3. The van der Waals surface area contributed by atoms with Crippen LogP contribution < -0.4 is 24.6 Å². The molecule has 0 unspecified atom stereocenters. The molecule has 0 atom stereocenters. The fourth-order valence-corrected chi connectivity index (χ4v) is 4.79. The first-order valence-corrected chi connectivity index (χ1v) is 12.7. The van der Waals surface area contributed by atoms with Crippen LogP contribution in [0.15, 0.2) is 66.9 Å². The summed E-state index contributed by atoms with van der Waals surface area (Å²) < 4.78 is 12.4. The minimum Gasteiger partial charge on any atom is -0.497 e. The van der Waals surface area contributed by atoms with Crippen LogP contribution in [0, 0.1) is 0 Å². The number of carbonyl (C=O) groups is 1. The summed E-state index contributed by atoms with van der Waals surface area (Å²) in [6.45, 7) is 6.30. The molecule has 0 saturated carbocycles. The van der Waals surface area contributed by atoms with Gasteiger partial charge in [-0.05, 0) is 60.5 Å². The number of hydrogen-bond acceptors (Lipinski definition) is 6. The van der Waals surface area contributed by atoms with Crippen molar-refractivity contribution in [1.29, 1.82) is 0 Å². The summed E-state index contributed by atoms with van der Waals surface area (Å²) in [5.41, 5.74) is 5.55. The van der Waals surface area contributed by atoms with Crippen LogP contribution in [0.3, 0.4) is 0 Å². The zero-order valence-electron chi connectivity index (χ0n) is 21.6. The highest BCUT2D eigenvalue weighted by Crippen LogP contribution is 2.23. The second-order valence-corrected chi connectivity index (χ2v) is 9.08. The van der Waals surface area contributed by atoms with E-state index in [1.165, 1.54) is 11.4 Å². The van der Waals surface area contributed by atoms with Gasteiger partial charge in [0.2, 0.25) is 0 Å². The van der Waals surface area contributed by atoms with Crippen LogP contribution in [0.1, 0.15) is 28.7 Å². The molecule has 5 rings (SSSR count). The number of nitrogens with one attached hydrogen (secondary N) is 1. The Kier molecular flexibility index (Phi) is 7.16. The molecule has 1 saturated heterocycles. The number of benzene rings is 2. The molecule has 4 aromatic rings. The lowest BCUT2D eigenvalue weighted by Gasteiger charge is -2.37. The molecule has 8 heteroatoms. The fraction of sp³-hybridized carbons (Fsp3) is 0.310. The number of hydrogen-bond donors (Lipinski definition) is 1. The number of rotatable bonds is 8. The van der Waals surface area contributed by atoms with Crippen molar-refractivity contribution in [2.45, 2.75) is 19.9 Å². The first-order chi connectivity index (χ1) is 18.1. The quantitative estimate of drug-likeness (QED) is 0.392. The molecule has 37 heavy (non-hydrogen) atoms. The van der Waals surface area contributed by atoms with E-state index in [2.05, 4.69) is 56.5 Å². The molecular weight excluding hydrogens is 466 g/mol. The number of piperazine rings is 1. The highest BCUT2D eigenvalue weighted by Gasteiger charge is 2.20. The van der Waals surface area contributed by atoms with Crippen molar-refractivity contribution in [2.24, 2.45) is 0 Å². The number of nitrogens with zero attached hydrogens (tertiary/aromatic N) is 4. The number of pyridine rings is 1. The highest BCUT2D eigenvalue weighted by atomic mass is 16.5. The average Bonchev–Trinajstić information content (AvgIpc) is 3.34. The summed E-state index contributed by atoms with van der Waals surface area (Å²) in [4.78, 5) is 22.6. The summed E-state index contributed by atoms with van der Waals surface area (Å²) in [5.74, 6) is 1.42. The van der Waals surface area contributed by atoms with E-state index in [4.69, 9.17) is 9.47 Å². The van der Waals surface area contributed by atoms with Gasteiger partial charge in [0.15, 0.2) is 0 Å². The van der Waals surface area contributed by atoms with E-state index >= 15 is 0 Å². The van der Waals surface area contributed by atoms with Crippen LogP contribution in [0.4, 0.5) is 11.4 Å². The highest BCUT2D eigenvalue weighted by molar-refractivity contribution is 5.94. The van der Waals surface area contributed by atoms with Crippen LogP contribution in [-0.2, 0) is 13.0 Å². The topological polar surface area (TPSA) is 71.3 Å². The predicted molar refractivity (Wildman–Crippen MR) is 146 cm³/mol. The van der Waals surface area contributed by atoms with Crippen molar-refractivity contribution in [3.05, 3.63) is 83.8 Å². The van der Waals surface area contributed by atoms with Crippen LogP contribution >= 0.6 is 0 Å². The van der Waals surface area contributed by atoms with Gasteiger partial charge >= 0.3 is 0 Å². The minimum atomic E-state index is -0.142. The minimum absolute atomic E-state index is 0.142. The summed E-state index contributed by atoms with van der Waals surface area (Å²) in [7, 11) is 3.30. The molecule has 8 nitrogen and oxygen atoms in total. The van der Waals surface area contributed by atoms with Crippen LogP contribution in [0.2, 0.25) is 0 Å². The van der Waals surface area contributed by atoms with Crippen molar-refractivity contribution in [3.8, 4) is 11.5 Å². The van der Waals surface area contributed by atoms with Crippen molar-refractivity contribution in [2.75, 3.05) is 50.2 Å². The second-order valence-electron chi connectivity index (χ2n) is 9.08. The van der Waals surface area contributed by atoms with E-state index < -0.39 is 0 Å². The molecule has 0 radical (unpaired) electrons. The van der Waals surface area contributed by atoms with Gasteiger partial charge in [-0.25, -0.2) is 4.98 Å². The van der Waals surface area contributed by atoms with Gasteiger partial charge in [-0.3, -0.25) is 9.20 Å². The summed E-state index contributed by atoms with van der Waals surface area (Å²) in [5, 5.41) is 3.07. The Hall–Kier alpha value is -4.20. The van der Waals surface area contributed by atoms with Crippen molar-refractivity contribution < 1.29 is 14.3 Å². The number of aryl methyl sites for hydroxylation is 1. The summed E-state index contributed by atoms with van der Waals surface area (Å²) >= 11 is 0. The number of methoxy groups -OCH3 is 2. The van der Waals surface area contributed by atoms with E-state index in [1.807, 2.05) is 35.6 Å². The van der Waals surface area contributed by atoms with Crippen LogP contribution in [0.25, 0.3) is 5.65 Å². The molecule has 1 N–H and O–H groups in total. The molecule has 1 aliphatic heterocycles. The number of amides is 1. The molecule has 1 amide bonds. The van der Waals surface area contributed by atoms with Gasteiger partial charge < -0.3 is 24.6 Å². The van der Waals surface area contributed by atoms with Gasteiger partial charge in [-0.15, -0.1) is 0 Å². The van der Waals surface area contributed by atoms with Crippen molar-refractivity contribution in [1.82, 2.24) is 14.7 Å². The van der Waals surface area contributed by atoms with Gasteiger partial charge in [0.1, 0.15) is 22.8 Å². The van der Waals surface area contributed by atoms with E-state index in [-0.39, 0.29) is 5.91 Å². The van der Waals surface area contributed by atoms with Gasteiger partial charge in [-0.1, -0.05) is 19.1 Å². The normalized spacial score (nSPS) is 13.6. The molecule has 1 aliphatic rings. The van der Waals surface area contributed by atoms with E-state index in [9.17, 15) is 4.79 Å². The van der Waals surface area contributed by atoms with Crippen molar-refractivity contribution in [3.63, 3.8) is 0 Å². The van der Waals surface area contributed by atoms with Gasteiger partial charge in [0.25, 0.3) is 5.91 Å². The molecule has 192 valence electrons. The molecule has 0 aliphatic carbocycles. The second kappa shape index (κ2) is 10.8. The third kappa shape index (κ3) is 5.18. The standard InChI is InChI=1S/C29H33N5O3/c1-4-26-28(34-20-25(37-3)13-14-27(34)31-26)29(35)30-19-21-5-7-22(8-6-21)32-15-17-33(18-16-32)23-9-11-24(36-2)12-10-23/h5-14,20H,4,15-19H2,1-3H3,(H,30,35). The Labute approximate surface area is 217 Å². The van der Waals surface area contributed by atoms with Gasteiger partial charge in [0, 0.05) is 44.1 Å². The number of ether oxygens (including phenoxy) is 2. The van der Waals surface area contributed by atoms with E-state index in [1.54, 1.807) is 20.4 Å². The monoisotopic (exact) mass is 499 g/mol. The number of carbonyl (C=O) groups excluding carboxylic acids is 1. The maximum Gasteiger partial charge on any atom is 0.270 e. The number of fused-ring (bicyclic) bond motifs is 1. The molecule has 3 heterocycles. The largest absolute Gasteiger partial charge is 0.497 e. The maximum atomic E-state index is 13.1. The third-order valence-corrected chi connectivity index (χ3v) is 6.92. The lowest BCUT2D eigenvalue weighted by Crippen LogP contribution is -2.46. The van der Waals surface area contributed by atoms with Crippen LogP contribution in [0.5, 0.6) is 11.5 Å². The lowest BCUT2D eigenvalue weighted by atomic mass is 10.1. The SMILES string of the molecule is CCc1nc2ccc(OC)cn2c1C(=O)NCc1ccc(N2CCN(c3ccc(OC)cc3)CC2)cc1. The Balaban J connectivity index is 1.19. The zero-order valence-corrected chi connectivity index (χ0v) is 21.6. The number of imidazole rings is 1. The molecule has 0 spiro atoms. The first kappa shape index (κ1) is 24.5. The first-order valence-electron chi connectivity index (χ1n) is 12.7. The van der Waals surface area contributed by atoms with E-state index in [0.29, 0.717) is 24.4 Å². The molecule has 2 aromatic heterocycles. The smallest absolute Gasteiger partial charge is 0.270 e. The third-order valence-electron chi connectivity index (χ3n) is 6.92. The Bertz CT molecular complexity index is 1360. The predicted octanol–water partition coefficient (Wildman–Crippen LogP) is 4.17.